The third kappa shape index (κ3) is 2.28. The Morgan fingerprint density at radius 2 is 2.14 bits per heavy atom. The van der Waals surface area contributed by atoms with Crippen LogP contribution in [0.4, 0.5) is 5.69 Å². The predicted molar refractivity (Wildman–Crippen MR) is 84.9 cm³/mol. The molecule has 0 saturated carbocycles. The highest BCUT2D eigenvalue weighted by Gasteiger charge is 2.23. The fourth-order valence-electron chi connectivity index (χ4n) is 3.30. The number of hydrogen-bond acceptors (Lipinski definition) is 3. The maximum atomic E-state index is 5.72. The second-order valence-electron chi connectivity index (χ2n) is 5.92. The van der Waals surface area contributed by atoms with Gasteiger partial charge >= 0.3 is 0 Å². The molecule has 2 aromatic carbocycles. The minimum absolute atomic E-state index is 0.303. The molecule has 0 aliphatic carbocycles. The highest BCUT2D eigenvalue weighted by Crippen LogP contribution is 2.32. The van der Waals surface area contributed by atoms with E-state index in [9.17, 15) is 0 Å². The number of rotatable bonds is 3. The van der Waals surface area contributed by atoms with Gasteiger partial charge in [0.1, 0.15) is 12.4 Å². The van der Waals surface area contributed by atoms with Crippen molar-refractivity contribution in [3.8, 4) is 5.75 Å². The smallest absolute Gasteiger partial charge is 0.124 e. The van der Waals surface area contributed by atoms with Gasteiger partial charge in [0.05, 0.1) is 6.04 Å². The lowest BCUT2D eigenvalue weighted by Crippen LogP contribution is -2.22. The van der Waals surface area contributed by atoms with Crippen LogP contribution in [-0.4, -0.2) is 20.2 Å². The molecule has 108 valence electrons. The number of ether oxygens (including phenoxy) is 1. The lowest BCUT2D eigenvalue weighted by Gasteiger charge is -2.14. The fourth-order valence-corrected chi connectivity index (χ4v) is 3.30. The van der Waals surface area contributed by atoms with Crippen molar-refractivity contribution in [1.29, 1.82) is 0 Å². The van der Waals surface area contributed by atoms with Gasteiger partial charge in [-0.05, 0) is 29.7 Å². The van der Waals surface area contributed by atoms with E-state index >= 15 is 0 Å². The minimum Gasteiger partial charge on any atom is -0.491 e. The van der Waals surface area contributed by atoms with Crippen LogP contribution in [0.1, 0.15) is 22.7 Å². The van der Waals surface area contributed by atoms with E-state index < -0.39 is 0 Å². The monoisotopic (exact) mass is 280 g/mol. The zero-order valence-electron chi connectivity index (χ0n) is 12.3. The molecule has 2 aliphatic rings. The standard InChI is InChI=1S/C18H20N2O/c1-20-9-8-14-10-13(6-7-17(14)20)11-19-16-12-21-18-5-3-2-4-15(16)18/h2-7,10,16,19H,8-9,11-12H2,1H3. The number of nitrogens with zero attached hydrogens (tertiary/aromatic N) is 1. The van der Waals surface area contributed by atoms with Crippen molar-refractivity contribution in [2.24, 2.45) is 0 Å². The summed E-state index contributed by atoms with van der Waals surface area (Å²) in [6, 6.07) is 15.4. The van der Waals surface area contributed by atoms with Gasteiger partial charge in [-0.15, -0.1) is 0 Å². The summed E-state index contributed by atoms with van der Waals surface area (Å²) >= 11 is 0. The molecule has 0 radical (unpaired) electrons. The summed E-state index contributed by atoms with van der Waals surface area (Å²) in [4.78, 5) is 2.33. The first-order chi connectivity index (χ1) is 10.3. The van der Waals surface area contributed by atoms with Crippen molar-refractivity contribution in [3.63, 3.8) is 0 Å². The molecular formula is C18H20N2O. The lowest BCUT2D eigenvalue weighted by molar-refractivity contribution is 0.310. The van der Waals surface area contributed by atoms with Crippen LogP contribution in [0.2, 0.25) is 0 Å². The van der Waals surface area contributed by atoms with Crippen LogP contribution in [0.15, 0.2) is 42.5 Å². The Labute approximate surface area is 125 Å². The van der Waals surface area contributed by atoms with Gasteiger partial charge in [0.25, 0.3) is 0 Å². The molecule has 0 aromatic heterocycles. The first-order valence-electron chi connectivity index (χ1n) is 7.59. The average Bonchev–Trinajstić information content (AvgIpc) is 3.09. The van der Waals surface area contributed by atoms with Crippen LogP contribution < -0.4 is 15.0 Å². The molecule has 2 aliphatic heterocycles. The molecule has 1 atom stereocenters. The molecule has 0 spiro atoms. The van der Waals surface area contributed by atoms with E-state index in [-0.39, 0.29) is 0 Å². The second kappa shape index (κ2) is 5.08. The number of likely N-dealkylation sites (N-methyl/N-ethyl adjacent to an activating group) is 1. The Morgan fingerprint density at radius 1 is 1.24 bits per heavy atom. The van der Waals surface area contributed by atoms with Crippen LogP contribution in [0.25, 0.3) is 0 Å². The zero-order chi connectivity index (χ0) is 14.2. The first kappa shape index (κ1) is 12.7. The highest BCUT2D eigenvalue weighted by molar-refractivity contribution is 5.58. The maximum Gasteiger partial charge on any atom is 0.124 e. The molecule has 2 heterocycles. The third-order valence-electron chi connectivity index (χ3n) is 4.52. The van der Waals surface area contributed by atoms with Crippen molar-refractivity contribution in [1.82, 2.24) is 5.32 Å². The minimum atomic E-state index is 0.303. The summed E-state index contributed by atoms with van der Waals surface area (Å²) in [5, 5.41) is 3.62. The molecular weight excluding hydrogens is 260 g/mol. The molecule has 1 unspecified atom stereocenters. The van der Waals surface area contributed by atoms with Crippen molar-refractivity contribution in [2.75, 3.05) is 25.1 Å². The molecule has 0 fully saturated rings. The Kier molecular flexibility index (Phi) is 3.08. The van der Waals surface area contributed by atoms with E-state index in [4.69, 9.17) is 4.74 Å². The first-order valence-corrected chi connectivity index (χ1v) is 7.59. The van der Waals surface area contributed by atoms with Gasteiger partial charge in [0, 0.05) is 31.4 Å². The van der Waals surface area contributed by atoms with Crippen molar-refractivity contribution < 1.29 is 4.74 Å². The molecule has 4 rings (SSSR count). The van der Waals surface area contributed by atoms with Gasteiger partial charge in [-0.2, -0.15) is 0 Å². The van der Waals surface area contributed by atoms with Crippen LogP contribution in [0.5, 0.6) is 5.75 Å². The summed E-state index contributed by atoms with van der Waals surface area (Å²) in [6.45, 7) is 2.75. The summed E-state index contributed by atoms with van der Waals surface area (Å²) in [5.41, 5.74) is 5.49. The molecule has 3 heteroatoms. The molecule has 3 nitrogen and oxygen atoms in total. The van der Waals surface area contributed by atoms with Crippen molar-refractivity contribution in [3.05, 3.63) is 59.2 Å². The summed E-state index contributed by atoms with van der Waals surface area (Å²) in [5.74, 6) is 1.02. The number of nitrogens with one attached hydrogen (secondary N) is 1. The van der Waals surface area contributed by atoms with Crippen molar-refractivity contribution in [2.45, 2.75) is 19.0 Å². The summed E-state index contributed by atoms with van der Waals surface area (Å²) in [6.07, 6.45) is 1.16. The third-order valence-corrected chi connectivity index (χ3v) is 4.52. The van der Waals surface area contributed by atoms with Gasteiger partial charge in [-0.3, -0.25) is 0 Å². The van der Waals surface area contributed by atoms with E-state index in [0.29, 0.717) is 6.04 Å². The molecule has 2 aromatic rings. The maximum absolute atomic E-state index is 5.72. The SMILES string of the molecule is CN1CCc2cc(CNC3COc4ccccc43)ccc21. The van der Waals surface area contributed by atoms with E-state index in [2.05, 4.69) is 47.6 Å². The van der Waals surface area contributed by atoms with Crippen LogP contribution in [0.3, 0.4) is 0 Å². The molecule has 0 amide bonds. The van der Waals surface area contributed by atoms with Gasteiger partial charge in [-0.1, -0.05) is 30.3 Å². The predicted octanol–water partition coefficient (Wildman–Crippen LogP) is 2.90. The average molecular weight is 280 g/mol. The topological polar surface area (TPSA) is 24.5 Å². The van der Waals surface area contributed by atoms with Gasteiger partial charge < -0.3 is 15.0 Å². The number of para-hydroxylation sites is 1. The molecule has 0 saturated heterocycles. The lowest BCUT2D eigenvalue weighted by atomic mass is 10.1. The number of benzene rings is 2. The molecule has 21 heavy (non-hydrogen) atoms. The highest BCUT2D eigenvalue weighted by atomic mass is 16.5. The van der Waals surface area contributed by atoms with Crippen LogP contribution in [-0.2, 0) is 13.0 Å². The zero-order valence-corrected chi connectivity index (χ0v) is 12.3. The van der Waals surface area contributed by atoms with Crippen LogP contribution >= 0.6 is 0 Å². The van der Waals surface area contributed by atoms with E-state index in [1.807, 2.05) is 12.1 Å². The Balaban J connectivity index is 1.46. The van der Waals surface area contributed by atoms with Gasteiger partial charge in [-0.25, -0.2) is 0 Å². The molecule has 0 bridgehead atoms. The number of anilines is 1. The summed E-state index contributed by atoms with van der Waals surface area (Å²) < 4.78 is 5.72. The number of fused-ring (bicyclic) bond motifs is 2. The largest absolute Gasteiger partial charge is 0.491 e. The Bertz CT molecular complexity index is 668. The summed E-state index contributed by atoms with van der Waals surface area (Å²) in [7, 11) is 2.16. The normalized spacial score (nSPS) is 19.3. The quantitative estimate of drug-likeness (QED) is 0.935. The van der Waals surface area contributed by atoms with E-state index in [1.54, 1.807) is 0 Å². The van der Waals surface area contributed by atoms with Crippen LogP contribution in [0, 0.1) is 0 Å². The van der Waals surface area contributed by atoms with E-state index in [1.165, 1.54) is 22.4 Å². The number of hydrogen-bond donors (Lipinski definition) is 1. The second-order valence-corrected chi connectivity index (χ2v) is 5.92. The van der Waals surface area contributed by atoms with Gasteiger partial charge in [0.2, 0.25) is 0 Å². The van der Waals surface area contributed by atoms with Gasteiger partial charge in [0.15, 0.2) is 0 Å². The molecule has 1 N–H and O–H groups in total. The fraction of sp³-hybridized carbons (Fsp3) is 0.333. The Morgan fingerprint density at radius 3 is 3.10 bits per heavy atom. The Hall–Kier alpha value is -2.00. The van der Waals surface area contributed by atoms with Crippen molar-refractivity contribution >= 4 is 5.69 Å². The van der Waals surface area contributed by atoms with E-state index in [0.717, 1.165) is 31.9 Å².